The molecule has 9 aromatic rings. The maximum Gasteiger partial charge on any atom is 0.132 e. The van der Waals surface area contributed by atoms with Crippen molar-refractivity contribution in [3.8, 4) is 56.0 Å². The van der Waals surface area contributed by atoms with E-state index < -0.39 is 10.8 Å². The molecule has 266 valence electrons. The van der Waals surface area contributed by atoms with Crippen LogP contribution in [-0.2, 0) is 10.8 Å². The first-order chi connectivity index (χ1) is 28.3. The van der Waals surface area contributed by atoms with Gasteiger partial charge in [-0.25, -0.2) is 0 Å². The highest BCUT2D eigenvalue weighted by molar-refractivity contribution is 5.97. The Hall–Kier alpha value is -7.22. The van der Waals surface area contributed by atoms with Gasteiger partial charge in [-0.15, -0.1) is 0 Å². The Balaban J connectivity index is 1.09. The van der Waals surface area contributed by atoms with Crippen LogP contribution < -0.4 is 4.74 Å². The number of fused-ring (bicyclic) bond motifs is 12. The minimum atomic E-state index is -0.591. The molecule has 0 atom stereocenters. The average molecular weight is 725 g/mol. The highest BCUT2D eigenvalue weighted by Crippen LogP contribution is 2.63. The molecular weight excluding hydrogens is 689 g/mol. The Morgan fingerprint density at radius 1 is 0.246 bits per heavy atom. The number of hydrogen-bond donors (Lipinski definition) is 0. The van der Waals surface area contributed by atoms with Crippen molar-refractivity contribution in [3.05, 3.63) is 263 Å². The number of hydrogen-bond acceptors (Lipinski definition) is 1. The summed E-state index contributed by atoms with van der Waals surface area (Å²) in [6, 6.07) is 80.4. The third-order valence-electron chi connectivity index (χ3n) is 12.9. The van der Waals surface area contributed by atoms with E-state index in [-0.39, 0.29) is 0 Å². The predicted octanol–water partition coefficient (Wildman–Crippen LogP) is 13.9. The molecule has 0 aromatic heterocycles. The standard InChI is InChI=1S/C56H36O/c1-3-17-39(18-4-1)55(40-19-5-2-6-20-40)50-29-15-16-30-53(50)57-54-34-32-38(36-52(54)55)42-22-8-7-21-41(42)37-31-33-46-45-25-11-14-28-49(45)56(51(46)35-37)47-26-12-9-23-43(47)44-24-10-13-27-48(44)56/h1-36H. The smallest absolute Gasteiger partial charge is 0.132 e. The van der Waals surface area contributed by atoms with Crippen LogP contribution in [0.15, 0.2) is 218 Å². The molecule has 0 saturated carbocycles. The van der Waals surface area contributed by atoms with Crippen LogP contribution in [0.1, 0.15) is 44.5 Å². The lowest BCUT2D eigenvalue weighted by molar-refractivity contribution is 0.434. The molecule has 57 heavy (non-hydrogen) atoms. The molecule has 1 spiro atoms. The summed E-state index contributed by atoms with van der Waals surface area (Å²) in [5.41, 5.74) is 19.1. The fourth-order valence-corrected chi connectivity index (χ4v) is 10.6. The second-order valence-electron chi connectivity index (χ2n) is 15.5. The van der Waals surface area contributed by atoms with E-state index >= 15 is 0 Å². The molecule has 1 aliphatic heterocycles. The van der Waals surface area contributed by atoms with Crippen LogP contribution in [0.25, 0.3) is 44.5 Å². The molecule has 1 heterocycles. The van der Waals surface area contributed by atoms with Crippen LogP contribution >= 0.6 is 0 Å². The van der Waals surface area contributed by atoms with E-state index in [1.165, 1.54) is 72.3 Å². The third-order valence-corrected chi connectivity index (χ3v) is 12.9. The Labute approximate surface area is 333 Å². The van der Waals surface area contributed by atoms with E-state index in [0.29, 0.717) is 0 Å². The normalized spacial score (nSPS) is 14.4. The highest BCUT2D eigenvalue weighted by Gasteiger charge is 2.51. The first kappa shape index (κ1) is 32.1. The van der Waals surface area contributed by atoms with E-state index in [1.807, 2.05) is 0 Å². The zero-order chi connectivity index (χ0) is 37.6. The number of benzene rings is 9. The van der Waals surface area contributed by atoms with Crippen molar-refractivity contribution in [1.82, 2.24) is 0 Å². The summed E-state index contributed by atoms with van der Waals surface area (Å²) in [5.74, 6) is 1.76. The third kappa shape index (κ3) is 4.29. The van der Waals surface area contributed by atoms with Gasteiger partial charge in [-0.1, -0.05) is 194 Å². The molecule has 3 aliphatic rings. The van der Waals surface area contributed by atoms with Gasteiger partial charge in [0.05, 0.1) is 10.8 Å². The van der Waals surface area contributed by atoms with Crippen molar-refractivity contribution in [2.75, 3.05) is 0 Å². The molecule has 0 radical (unpaired) electrons. The second kappa shape index (κ2) is 12.1. The van der Waals surface area contributed by atoms with Gasteiger partial charge in [0.2, 0.25) is 0 Å². The van der Waals surface area contributed by atoms with E-state index in [4.69, 9.17) is 4.74 Å². The SMILES string of the molecule is c1ccc(C2(c3ccccc3)c3ccccc3Oc3ccc(-c4ccccc4-c4ccc5c(c4)C4(c6ccccc6-c6ccccc64)c4ccccc4-5)cc32)cc1. The van der Waals surface area contributed by atoms with Gasteiger partial charge in [-0.2, -0.15) is 0 Å². The molecule has 1 heteroatoms. The fourth-order valence-electron chi connectivity index (χ4n) is 10.6. The summed E-state index contributed by atoms with van der Waals surface area (Å²) in [6.45, 7) is 0. The fraction of sp³-hybridized carbons (Fsp3) is 0.0357. The van der Waals surface area contributed by atoms with Crippen molar-refractivity contribution in [1.29, 1.82) is 0 Å². The molecule has 0 bridgehead atoms. The lowest BCUT2D eigenvalue weighted by Crippen LogP contribution is -2.34. The topological polar surface area (TPSA) is 9.23 Å². The maximum atomic E-state index is 6.77. The monoisotopic (exact) mass is 724 g/mol. The minimum absolute atomic E-state index is 0.397. The molecule has 2 aliphatic carbocycles. The summed E-state index contributed by atoms with van der Waals surface area (Å²) in [7, 11) is 0. The summed E-state index contributed by atoms with van der Waals surface area (Å²) in [5, 5.41) is 0. The minimum Gasteiger partial charge on any atom is -0.457 e. The van der Waals surface area contributed by atoms with Gasteiger partial charge in [-0.05, 0) is 102 Å². The molecule has 0 N–H and O–H groups in total. The van der Waals surface area contributed by atoms with Crippen LogP contribution in [0.5, 0.6) is 11.5 Å². The van der Waals surface area contributed by atoms with Gasteiger partial charge >= 0.3 is 0 Å². The molecule has 0 saturated heterocycles. The van der Waals surface area contributed by atoms with Crippen molar-refractivity contribution >= 4 is 0 Å². The van der Waals surface area contributed by atoms with Gasteiger partial charge in [0, 0.05) is 11.1 Å². The molecule has 12 rings (SSSR count). The summed E-state index contributed by atoms with van der Waals surface area (Å²) in [4.78, 5) is 0. The molecule has 0 unspecified atom stereocenters. The van der Waals surface area contributed by atoms with Crippen molar-refractivity contribution in [2.24, 2.45) is 0 Å². The largest absolute Gasteiger partial charge is 0.457 e. The molecular formula is C56H36O. The Bertz CT molecular complexity index is 2940. The van der Waals surface area contributed by atoms with Gasteiger partial charge in [0.25, 0.3) is 0 Å². The lowest BCUT2D eigenvalue weighted by atomic mass is 9.63. The predicted molar refractivity (Wildman–Crippen MR) is 232 cm³/mol. The van der Waals surface area contributed by atoms with E-state index in [0.717, 1.165) is 28.2 Å². The number of ether oxygens (including phenoxy) is 1. The average Bonchev–Trinajstić information content (AvgIpc) is 3.76. The summed E-state index contributed by atoms with van der Waals surface area (Å²) < 4.78 is 6.77. The molecule has 9 aromatic carbocycles. The Morgan fingerprint density at radius 2 is 0.632 bits per heavy atom. The summed E-state index contributed by atoms with van der Waals surface area (Å²) >= 11 is 0. The first-order valence-corrected chi connectivity index (χ1v) is 19.8. The maximum absolute atomic E-state index is 6.77. The van der Waals surface area contributed by atoms with Gasteiger partial charge in [0.1, 0.15) is 11.5 Å². The van der Waals surface area contributed by atoms with Crippen molar-refractivity contribution < 1.29 is 4.74 Å². The van der Waals surface area contributed by atoms with Gasteiger partial charge < -0.3 is 4.74 Å². The van der Waals surface area contributed by atoms with Gasteiger partial charge in [-0.3, -0.25) is 0 Å². The highest BCUT2D eigenvalue weighted by atomic mass is 16.5. The van der Waals surface area contributed by atoms with Crippen LogP contribution in [-0.4, -0.2) is 0 Å². The van der Waals surface area contributed by atoms with E-state index in [1.54, 1.807) is 0 Å². The first-order valence-electron chi connectivity index (χ1n) is 19.8. The van der Waals surface area contributed by atoms with Crippen LogP contribution in [0.4, 0.5) is 0 Å². The molecule has 0 amide bonds. The zero-order valence-electron chi connectivity index (χ0n) is 31.2. The van der Waals surface area contributed by atoms with Crippen LogP contribution in [0, 0.1) is 0 Å². The molecule has 0 fully saturated rings. The zero-order valence-corrected chi connectivity index (χ0v) is 31.2. The lowest BCUT2D eigenvalue weighted by Gasteiger charge is -2.41. The number of rotatable bonds is 4. The van der Waals surface area contributed by atoms with Crippen molar-refractivity contribution in [3.63, 3.8) is 0 Å². The van der Waals surface area contributed by atoms with Crippen LogP contribution in [0.3, 0.4) is 0 Å². The Morgan fingerprint density at radius 3 is 1.18 bits per heavy atom. The van der Waals surface area contributed by atoms with E-state index in [9.17, 15) is 0 Å². The quantitative estimate of drug-likeness (QED) is 0.176. The van der Waals surface area contributed by atoms with Crippen LogP contribution in [0.2, 0.25) is 0 Å². The van der Waals surface area contributed by atoms with E-state index in [2.05, 4.69) is 218 Å². The van der Waals surface area contributed by atoms with Gasteiger partial charge in [0.15, 0.2) is 0 Å². The number of para-hydroxylation sites is 1. The Kier molecular flexibility index (Phi) is 6.83. The second-order valence-corrected chi connectivity index (χ2v) is 15.5. The summed E-state index contributed by atoms with van der Waals surface area (Å²) in [6.07, 6.45) is 0. The molecule has 1 nitrogen and oxygen atoms in total. The van der Waals surface area contributed by atoms with Crippen molar-refractivity contribution in [2.45, 2.75) is 10.8 Å².